The molecule has 1 fully saturated rings. The molecule has 102 valence electrons. The third-order valence-corrected chi connectivity index (χ3v) is 3.89. The lowest BCUT2D eigenvalue weighted by molar-refractivity contribution is -0.119. The fourth-order valence-corrected chi connectivity index (χ4v) is 2.92. The lowest BCUT2D eigenvalue weighted by atomic mass is 10.2. The van der Waals surface area contributed by atoms with E-state index in [1.165, 1.54) is 5.56 Å². The summed E-state index contributed by atoms with van der Waals surface area (Å²) in [4.78, 5) is 20.7. The molecule has 2 aliphatic heterocycles. The van der Waals surface area contributed by atoms with Crippen LogP contribution in [0.2, 0.25) is 0 Å². The predicted molar refractivity (Wildman–Crippen MR) is 74.2 cm³/mol. The van der Waals surface area contributed by atoms with E-state index in [4.69, 9.17) is 0 Å². The van der Waals surface area contributed by atoms with E-state index in [2.05, 4.69) is 22.1 Å². The van der Waals surface area contributed by atoms with E-state index in [9.17, 15) is 4.79 Å². The van der Waals surface area contributed by atoms with E-state index in [1.807, 2.05) is 17.2 Å². The number of rotatable bonds is 2. The minimum Gasteiger partial charge on any atom is -0.312 e. The van der Waals surface area contributed by atoms with Crippen LogP contribution in [0.4, 0.5) is 5.69 Å². The van der Waals surface area contributed by atoms with Gasteiger partial charge in [-0.15, -0.1) is 0 Å². The van der Waals surface area contributed by atoms with Gasteiger partial charge >= 0.3 is 0 Å². The van der Waals surface area contributed by atoms with Crippen molar-refractivity contribution in [2.75, 3.05) is 37.6 Å². The largest absolute Gasteiger partial charge is 0.312 e. The summed E-state index contributed by atoms with van der Waals surface area (Å²) in [6.45, 7) is 6.34. The predicted octanol–water partition coefficient (Wildman–Crippen LogP) is 0.264. The Balaban J connectivity index is 1.65. The Morgan fingerprint density at radius 3 is 3.26 bits per heavy atom. The highest BCUT2D eigenvalue weighted by Crippen LogP contribution is 2.26. The van der Waals surface area contributed by atoms with Crippen molar-refractivity contribution in [1.82, 2.24) is 15.2 Å². The van der Waals surface area contributed by atoms with Gasteiger partial charge in [0.25, 0.3) is 0 Å². The molecular weight excluding hydrogens is 240 g/mol. The minimum absolute atomic E-state index is 0.207. The van der Waals surface area contributed by atoms with Gasteiger partial charge in [-0.25, -0.2) is 0 Å². The zero-order valence-electron chi connectivity index (χ0n) is 11.3. The van der Waals surface area contributed by atoms with Crippen LogP contribution in [0.15, 0.2) is 18.5 Å². The average molecular weight is 260 g/mol. The number of carbonyl (C=O) groups excluding carboxylic acids is 1. The Morgan fingerprint density at radius 1 is 1.53 bits per heavy atom. The summed E-state index contributed by atoms with van der Waals surface area (Å²) < 4.78 is 0. The summed E-state index contributed by atoms with van der Waals surface area (Å²) in [6, 6.07) is 2.41. The van der Waals surface area contributed by atoms with Crippen LogP contribution in [0, 0.1) is 0 Å². The quantitative estimate of drug-likeness (QED) is 0.829. The monoisotopic (exact) mass is 260 g/mol. The second-order valence-electron chi connectivity index (χ2n) is 5.39. The van der Waals surface area contributed by atoms with Crippen LogP contribution in [0.3, 0.4) is 0 Å². The van der Waals surface area contributed by atoms with E-state index in [0.717, 1.165) is 38.3 Å². The number of anilines is 1. The first kappa shape index (κ1) is 12.6. The summed E-state index contributed by atoms with van der Waals surface area (Å²) in [5, 5.41) is 3.40. The standard InChI is InChI=1S/C14H20N4O/c1-11-9-17(7-5-16-11)10-14(19)18-6-3-12-8-15-4-2-13(12)18/h2,4,8,11,16H,3,5-7,9-10H2,1H3. The highest BCUT2D eigenvalue weighted by molar-refractivity contribution is 5.96. The molecule has 3 heterocycles. The molecule has 3 rings (SSSR count). The van der Waals surface area contributed by atoms with E-state index >= 15 is 0 Å². The maximum atomic E-state index is 12.4. The number of amides is 1. The molecule has 0 radical (unpaired) electrons. The molecule has 5 nitrogen and oxygen atoms in total. The van der Waals surface area contributed by atoms with Crippen molar-refractivity contribution in [2.45, 2.75) is 19.4 Å². The smallest absolute Gasteiger partial charge is 0.241 e. The maximum absolute atomic E-state index is 12.4. The average Bonchev–Trinajstić information content (AvgIpc) is 2.82. The van der Waals surface area contributed by atoms with Gasteiger partial charge in [-0.1, -0.05) is 0 Å². The molecule has 1 atom stereocenters. The minimum atomic E-state index is 0.207. The van der Waals surface area contributed by atoms with Crippen LogP contribution < -0.4 is 10.2 Å². The van der Waals surface area contributed by atoms with Gasteiger partial charge in [-0.05, 0) is 25.0 Å². The van der Waals surface area contributed by atoms with Crippen molar-refractivity contribution in [3.05, 3.63) is 24.0 Å². The number of hydrogen-bond acceptors (Lipinski definition) is 4. The van der Waals surface area contributed by atoms with Crippen LogP contribution in [0.25, 0.3) is 0 Å². The maximum Gasteiger partial charge on any atom is 0.241 e. The third-order valence-electron chi connectivity index (χ3n) is 3.89. The highest BCUT2D eigenvalue weighted by atomic mass is 16.2. The van der Waals surface area contributed by atoms with Crippen LogP contribution >= 0.6 is 0 Å². The van der Waals surface area contributed by atoms with Gasteiger partial charge in [0.1, 0.15) is 0 Å². The number of aromatic nitrogens is 1. The van der Waals surface area contributed by atoms with Gasteiger partial charge in [0.2, 0.25) is 5.91 Å². The van der Waals surface area contributed by atoms with Gasteiger partial charge in [-0.3, -0.25) is 14.7 Å². The van der Waals surface area contributed by atoms with Gasteiger partial charge in [0, 0.05) is 50.3 Å². The molecule has 1 N–H and O–H groups in total. The molecule has 0 spiro atoms. The van der Waals surface area contributed by atoms with Crippen LogP contribution in [0.5, 0.6) is 0 Å². The molecule has 5 heteroatoms. The summed E-state index contributed by atoms with van der Waals surface area (Å²) in [5.41, 5.74) is 2.23. The normalized spacial score (nSPS) is 23.4. The Bertz CT molecular complexity index is 476. The first-order chi connectivity index (χ1) is 9.24. The molecular formula is C14H20N4O. The van der Waals surface area contributed by atoms with Crippen molar-refractivity contribution >= 4 is 11.6 Å². The fraction of sp³-hybridized carbons (Fsp3) is 0.571. The molecule has 0 saturated carbocycles. The number of carbonyl (C=O) groups is 1. The number of piperazine rings is 1. The second kappa shape index (κ2) is 5.27. The molecule has 2 aliphatic rings. The fourth-order valence-electron chi connectivity index (χ4n) is 2.92. The van der Waals surface area contributed by atoms with Crippen molar-refractivity contribution in [3.63, 3.8) is 0 Å². The van der Waals surface area contributed by atoms with Crippen LogP contribution in [0.1, 0.15) is 12.5 Å². The summed E-state index contributed by atoms with van der Waals surface area (Å²) >= 11 is 0. The van der Waals surface area contributed by atoms with Gasteiger partial charge in [-0.2, -0.15) is 0 Å². The number of hydrogen-bond donors (Lipinski definition) is 1. The summed E-state index contributed by atoms with van der Waals surface area (Å²) in [6.07, 6.45) is 4.56. The zero-order valence-corrected chi connectivity index (χ0v) is 11.3. The Labute approximate surface area is 113 Å². The van der Waals surface area contributed by atoms with Crippen molar-refractivity contribution < 1.29 is 4.79 Å². The molecule has 1 aromatic heterocycles. The van der Waals surface area contributed by atoms with Crippen molar-refractivity contribution in [2.24, 2.45) is 0 Å². The van der Waals surface area contributed by atoms with Crippen LogP contribution in [-0.4, -0.2) is 54.6 Å². The second-order valence-corrected chi connectivity index (χ2v) is 5.39. The molecule has 0 aliphatic carbocycles. The van der Waals surface area contributed by atoms with Gasteiger partial charge in [0.15, 0.2) is 0 Å². The first-order valence-electron chi connectivity index (χ1n) is 6.93. The zero-order chi connectivity index (χ0) is 13.2. The van der Waals surface area contributed by atoms with Crippen molar-refractivity contribution in [1.29, 1.82) is 0 Å². The molecule has 0 bridgehead atoms. The lowest BCUT2D eigenvalue weighted by Gasteiger charge is -2.32. The topological polar surface area (TPSA) is 48.5 Å². The SMILES string of the molecule is CC1CN(CC(=O)N2CCc3cnccc32)CCN1. The van der Waals surface area contributed by atoms with E-state index in [0.29, 0.717) is 12.6 Å². The highest BCUT2D eigenvalue weighted by Gasteiger charge is 2.26. The molecule has 1 aromatic rings. The Hall–Kier alpha value is -1.46. The van der Waals surface area contributed by atoms with Crippen LogP contribution in [-0.2, 0) is 11.2 Å². The number of pyridine rings is 1. The van der Waals surface area contributed by atoms with E-state index in [-0.39, 0.29) is 5.91 Å². The van der Waals surface area contributed by atoms with Crippen molar-refractivity contribution in [3.8, 4) is 0 Å². The number of nitrogens with one attached hydrogen (secondary N) is 1. The Kier molecular flexibility index (Phi) is 3.48. The molecule has 0 aromatic carbocycles. The summed E-state index contributed by atoms with van der Waals surface area (Å²) in [5.74, 6) is 0.207. The molecule has 19 heavy (non-hydrogen) atoms. The van der Waals surface area contributed by atoms with Gasteiger partial charge < -0.3 is 10.2 Å². The third kappa shape index (κ3) is 2.62. The molecule has 1 unspecified atom stereocenters. The molecule has 1 amide bonds. The number of nitrogens with zero attached hydrogens (tertiary/aromatic N) is 3. The molecule has 1 saturated heterocycles. The van der Waals surface area contributed by atoms with E-state index in [1.54, 1.807) is 6.20 Å². The lowest BCUT2D eigenvalue weighted by Crippen LogP contribution is -2.52. The first-order valence-corrected chi connectivity index (χ1v) is 6.93. The van der Waals surface area contributed by atoms with Gasteiger partial charge in [0.05, 0.1) is 6.54 Å². The summed E-state index contributed by atoms with van der Waals surface area (Å²) in [7, 11) is 0. The van der Waals surface area contributed by atoms with E-state index < -0.39 is 0 Å². The number of fused-ring (bicyclic) bond motifs is 1. The Morgan fingerprint density at radius 2 is 2.42 bits per heavy atom.